The Labute approximate surface area is 178 Å². The first kappa shape index (κ1) is 23.7. The highest BCUT2D eigenvalue weighted by Gasteiger charge is 2.28. The van der Waals surface area contributed by atoms with Crippen LogP contribution in [-0.4, -0.2) is 64.3 Å². The largest absolute Gasteiger partial charge is 0.466 e. The zero-order valence-corrected chi connectivity index (χ0v) is 18.9. The Hall–Kier alpha value is -1.36. The van der Waals surface area contributed by atoms with E-state index in [1.807, 2.05) is 4.90 Å². The number of nitrogens with one attached hydrogen (secondary N) is 1. The first-order valence-corrected chi connectivity index (χ1v) is 10.5. The number of hydrogen-bond donors (Lipinski definition) is 1. The zero-order chi connectivity index (χ0) is 19.0. The Morgan fingerprint density at radius 2 is 2.04 bits per heavy atom. The molecule has 1 aromatic carbocycles. The van der Waals surface area contributed by atoms with Crippen LogP contribution in [0.1, 0.15) is 19.8 Å². The standard InChI is InChI=1S/C18H27N3O4S.HI/c1-3-25-17(22)15-8-7-12-21(14-15)18(19-2)20-11-13-26(23,24)16-9-5-4-6-10-16;/h4-6,9-10,15H,3,7-8,11-14H2,1-2H3,(H,19,20);1H. The molecule has 1 aliphatic rings. The number of carbonyl (C=O) groups is 1. The molecular weight excluding hydrogens is 481 g/mol. The minimum atomic E-state index is -3.34. The van der Waals surface area contributed by atoms with Gasteiger partial charge in [-0.25, -0.2) is 8.42 Å². The van der Waals surface area contributed by atoms with E-state index in [2.05, 4.69) is 10.3 Å². The number of nitrogens with zero attached hydrogens (tertiary/aromatic N) is 2. The maximum absolute atomic E-state index is 12.3. The quantitative estimate of drug-likeness (QED) is 0.273. The van der Waals surface area contributed by atoms with Crippen molar-refractivity contribution >= 4 is 45.7 Å². The van der Waals surface area contributed by atoms with Crippen molar-refractivity contribution in [1.82, 2.24) is 10.2 Å². The number of piperidine rings is 1. The molecule has 0 aliphatic carbocycles. The molecule has 0 radical (unpaired) electrons. The lowest BCUT2D eigenvalue weighted by Crippen LogP contribution is -2.49. The van der Waals surface area contributed by atoms with Gasteiger partial charge in [0.2, 0.25) is 0 Å². The summed E-state index contributed by atoms with van der Waals surface area (Å²) in [5.74, 6) is 0.238. The Morgan fingerprint density at radius 3 is 2.67 bits per heavy atom. The minimum Gasteiger partial charge on any atom is -0.466 e. The Kier molecular flexibility index (Phi) is 10.1. The molecule has 0 amide bonds. The number of likely N-dealkylation sites (tertiary alicyclic amines) is 1. The molecule has 0 bridgehead atoms. The summed E-state index contributed by atoms with van der Waals surface area (Å²) < 4.78 is 29.8. The SMILES string of the molecule is CCOC(=O)C1CCCN(C(=NC)NCCS(=O)(=O)c2ccccc2)C1.I. The molecular formula is C18H28IN3O4S. The lowest BCUT2D eigenvalue weighted by atomic mass is 9.98. The molecule has 0 spiro atoms. The summed E-state index contributed by atoms with van der Waals surface area (Å²) in [6, 6.07) is 8.40. The van der Waals surface area contributed by atoms with E-state index < -0.39 is 9.84 Å². The third kappa shape index (κ3) is 6.95. The Morgan fingerprint density at radius 1 is 1.33 bits per heavy atom. The number of benzene rings is 1. The predicted octanol–water partition coefficient (Wildman–Crippen LogP) is 1.93. The number of halogens is 1. The monoisotopic (exact) mass is 509 g/mol. The van der Waals surface area contributed by atoms with Crippen LogP contribution in [0, 0.1) is 5.92 Å². The van der Waals surface area contributed by atoms with Crippen molar-refractivity contribution in [3.8, 4) is 0 Å². The fourth-order valence-electron chi connectivity index (χ4n) is 3.00. The number of sulfone groups is 1. The van der Waals surface area contributed by atoms with E-state index in [9.17, 15) is 13.2 Å². The predicted molar refractivity (Wildman–Crippen MR) is 116 cm³/mol. The van der Waals surface area contributed by atoms with Crippen LogP contribution in [0.5, 0.6) is 0 Å². The molecule has 1 N–H and O–H groups in total. The van der Waals surface area contributed by atoms with Gasteiger partial charge < -0.3 is 15.0 Å². The van der Waals surface area contributed by atoms with Crippen LogP contribution in [0.15, 0.2) is 40.2 Å². The highest BCUT2D eigenvalue weighted by atomic mass is 127. The van der Waals surface area contributed by atoms with Crippen LogP contribution in [-0.2, 0) is 19.4 Å². The second kappa shape index (κ2) is 11.5. The van der Waals surface area contributed by atoms with Crippen molar-refractivity contribution in [2.75, 3.05) is 39.0 Å². The lowest BCUT2D eigenvalue weighted by Gasteiger charge is -2.33. The molecule has 152 valence electrons. The van der Waals surface area contributed by atoms with Crippen LogP contribution >= 0.6 is 24.0 Å². The molecule has 9 heteroatoms. The first-order valence-electron chi connectivity index (χ1n) is 8.88. The average molecular weight is 509 g/mol. The van der Waals surface area contributed by atoms with E-state index in [1.54, 1.807) is 44.3 Å². The van der Waals surface area contributed by atoms with E-state index >= 15 is 0 Å². The van der Waals surface area contributed by atoms with Crippen LogP contribution in [0.25, 0.3) is 0 Å². The van der Waals surface area contributed by atoms with Crippen molar-refractivity contribution < 1.29 is 17.9 Å². The van der Waals surface area contributed by atoms with Gasteiger partial charge in [0.05, 0.1) is 23.2 Å². The second-order valence-electron chi connectivity index (χ2n) is 6.14. The minimum absolute atomic E-state index is 0. The molecule has 1 fully saturated rings. The summed E-state index contributed by atoms with van der Waals surface area (Å²) in [4.78, 5) is 18.5. The topological polar surface area (TPSA) is 88.1 Å². The molecule has 1 heterocycles. The molecule has 1 aromatic rings. The molecule has 1 unspecified atom stereocenters. The Bertz CT molecular complexity index is 725. The van der Waals surface area contributed by atoms with Gasteiger partial charge in [0.1, 0.15) is 0 Å². The molecule has 0 saturated carbocycles. The van der Waals surface area contributed by atoms with Crippen molar-refractivity contribution in [3.63, 3.8) is 0 Å². The molecule has 7 nitrogen and oxygen atoms in total. The molecule has 0 aromatic heterocycles. The van der Waals surface area contributed by atoms with Gasteiger partial charge in [0.25, 0.3) is 0 Å². The van der Waals surface area contributed by atoms with Crippen LogP contribution < -0.4 is 5.32 Å². The number of esters is 1. The first-order chi connectivity index (χ1) is 12.5. The van der Waals surface area contributed by atoms with Gasteiger partial charge in [-0.2, -0.15) is 0 Å². The van der Waals surface area contributed by atoms with Crippen molar-refractivity contribution in [2.24, 2.45) is 10.9 Å². The smallest absolute Gasteiger partial charge is 0.310 e. The summed E-state index contributed by atoms with van der Waals surface area (Å²) in [7, 11) is -1.68. The van der Waals surface area contributed by atoms with Gasteiger partial charge in [0, 0.05) is 26.7 Å². The summed E-state index contributed by atoms with van der Waals surface area (Å²) in [5.41, 5.74) is 0. The highest BCUT2D eigenvalue weighted by Crippen LogP contribution is 2.18. The lowest BCUT2D eigenvalue weighted by molar-refractivity contribution is -0.149. The number of hydrogen-bond acceptors (Lipinski definition) is 5. The van der Waals surface area contributed by atoms with E-state index in [4.69, 9.17) is 4.74 Å². The maximum atomic E-state index is 12.3. The zero-order valence-electron chi connectivity index (χ0n) is 15.8. The molecule has 2 rings (SSSR count). The number of carbonyl (C=O) groups excluding carboxylic acids is 1. The van der Waals surface area contributed by atoms with Crippen LogP contribution in [0.2, 0.25) is 0 Å². The fourth-order valence-corrected chi connectivity index (χ4v) is 4.18. The number of rotatable bonds is 6. The number of ether oxygens (including phenoxy) is 1. The van der Waals surface area contributed by atoms with E-state index in [-0.39, 0.29) is 48.2 Å². The summed E-state index contributed by atoms with van der Waals surface area (Å²) >= 11 is 0. The summed E-state index contributed by atoms with van der Waals surface area (Å²) in [6.45, 7) is 3.74. The third-order valence-corrected chi connectivity index (χ3v) is 6.04. The molecule has 1 saturated heterocycles. The third-order valence-electron chi connectivity index (χ3n) is 4.31. The molecule has 1 atom stereocenters. The Balaban J connectivity index is 0.00000364. The van der Waals surface area contributed by atoms with Gasteiger partial charge in [-0.15, -0.1) is 24.0 Å². The van der Waals surface area contributed by atoms with E-state index in [0.29, 0.717) is 24.0 Å². The fraction of sp³-hybridized carbons (Fsp3) is 0.556. The van der Waals surface area contributed by atoms with E-state index in [1.165, 1.54) is 0 Å². The number of aliphatic imine (C=N–C) groups is 1. The maximum Gasteiger partial charge on any atom is 0.310 e. The highest BCUT2D eigenvalue weighted by molar-refractivity contribution is 14.0. The number of guanidine groups is 1. The van der Waals surface area contributed by atoms with Crippen molar-refractivity contribution in [2.45, 2.75) is 24.7 Å². The van der Waals surface area contributed by atoms with Gasteiger partial charge in [0.15, 0.2) is 15.8 Å². The molecule has 27 heavy (non-hydrogen) atoms. The average Bonchev–Trinajstić information content (AvgIpc) is 2.66. The second-order valence-corrected chi connectivity index (χ2v) is 8.25. The van der Waals surface area contributed by atoms with Gasteiger partial charge in [-0.1, -0.05) is 18.2 Å². The van der Waals surface area contributed by atoms with Gasteiger partial charge in [-0.05, 0) is 31.9 Å². The van der Waals surface area contributed by atoms with Crippen LogP contribution in [0.3, 0.4) is 0 Å². The summed E-state index contributed by atoms with van der Waals surface area (Å²) in [5, 5.41) is 3.10. The van der Waals surface area contributed by atoms with Crippen molar-refractivity contribution in [1.29, 1.82) is 0 Å². The van der Waals surface area contributed by atoms with Gasteiger partial charge in [-0.3, -0.25) is 9.79 Å². The summed E-state index contributed by atoms with van der Waals surface area (Å²) in [6.07, 6.45) is 1.67. The van der Waals surface area contributed by atoms with Crippen molar-refractivity contribution in [3.05, 3.63) is 30.3 Å². The molecule has 1 aliphatic heterocycles. The normalized spacial score (nSPS) is 17.8. The van der Waals surface area contributed by atoms with Crippen LogP contribution in [0.4, 0.5) is 0 Å². The van der Waals surface area contributed by atoms with Gasteiger partial charge >= 0.3 is 5.97 Å². The van der Waals surface area contributed by atoms with E-state index in [0.717, 1.165) is 19.4 Å².